The normalized spacial score (nSPS) is 19.0. The lowest BCUT2D eigenvalue weighted by molar-refractivity contribution is -0.506. The Kier molecular flexibility index (Phi) is 4.08. The molecule has 1 heterocycles. The first-order valence-corrected chi connectivity index (χ1v) is 6.52. The van der Waals surface area contributed by atoms with Gasteiger partial charge in [-0.2, -0.15) is 10.2 Å². The van der Waals surface area contributed by atoms with Crippen molar-refractivity contribution < 1.29 is 4.76 Å². The van der Waals surface area contributed by atoms with Crippen LogP contribution in [0.25, 0.3) is 0 Å². The van der Waals surface area contributed by atoms with Gasteiger partial charge in [-0.15, -0.1) is 0 Å². The van der Waals surface area contributed by atoms with Crippen molar-refractivity contribution in [2.45, 2.75) is 19.9 Å². The highest BCUT2D eigenvalue weighted by molar-refractivity contribution is 5.51. The smallest absolute Gasteiger partial charge is 0.226 e. The second kappa shape index (κ2) is 5.77. The van der Waals surface area contributed by atoms with Crippen LogP contribution in [0.2, 0.25) is 0 Å². The third kappa shape index (κ3) is 3.17. The lowest BCUT2D eigenvalue weighted by Gasteiger charge is -2.11. The van der Waals surface area contributed by atoms with E-state index in [0.717, 1.165) is 27.4 Å². The molecule has 1 atom stereocenters. The van der Waals surface area contributed by atoms with Crippen LogP contribution < -0.4 is 4.90 Å². The van der Waals surface area contributed by atoms with Crippen molar-refractivity contribution >= 4 is 11.4 Å². The van der Waals surface area contributed by atoms with E-state index in [2.05, 4.69) is 10.2 Å². The van der Waals surface area contributed by atoms with Crippen molar-refractivity contribution in [1.82, 2.24) is 0 Å². The van der Waals surface area contributed by atoms with E-state index >= 15 is 0 Å². The van der Waals surface area contributed by atoms with Gasteiger partial charge < -0.3 is 4.90 Å². The standard InChI is InChI=1S/C15H19N4O/c1-11-10-19(20)12(2)9-15(11)17-16-13-5-7-14(8-6-13)18(3)4/h5-10,12H,1-4H3/q+1. The van der Waals surface area contributed by atoms with Gasteiger partial charge in [0, 0.05) is 48.0 Å². The molecule has 1 unspecified atom stereocenters. The van der Waals surface area contributed by atoms with Crippen LogP contribution in [-0.2, 0) is 0 Å². The Bertz CT molecular complexity index is 597. The van der Waals surface area contributed by atoms with Gasteiger partial charge in [0.05, 0.1) is 11.4 Å². The van der Waals surface area contributed by atoms with E-state index in [9.17, 15) is 4.91 Å². The molecule has 0 spiro atoms. The topological polar surface area (TPSA) is 48.0 Å². The largest absolute Gasteiger partial charge is 0.378 e. The van der Waals surface area contributed by atoms with E-state index in [4.69, 9.17) is 0 Å². The van der Waals surface area contributed by atoms with Crippen LogP contribution in [-0.4, -0.2) is 24.9 Å². The zero-order chi connectivity index (χ0) is 14.7. The first kappa shape index (κ1) is 14.1. The Morgan fingerprint density at radius 3 is 2.40 bits per heavy atom. The van der Waals surface area contributed by atoms with Gasteiger partial charge in [0.1, 0.15) is 0 Å². The molecule has 20 heavy (non-hydrogen) atoms. The van der Waals surface area contributed by atoms with E-state index in [1.54, 1.807) is 6.20 Å². The summed E-state index contributed by atoms with van der Waals surface area (Å²) in [5.74, 6) is 0. The molecule has 0 saturated carbocycles. The van der Waals surface area contributed by atoms with E-state index in [-0.39, 0.29) is 6.04 Å². The minimum atomic E-state index is -0.205. The summed E-state index contributed by atoms with van der Waals surface area (Å²) in [7, 11) is 3.99. The van der Waals surface area contributed by atoms with E-state index in [1.165, 1.54) is 0 Å². The molecule has 5 nitrogen and oxygen atoms in total. The van der Waals surface area contributed by atoms with Gasteiger partial charge in [-0.05, 0) is 31.2 Å². The fraction of sp³-hybridized carbons (Fsp3) is 0.333. The fourth-order valence-electron chi connectivity index (χ4n) is 1.85. The van der Waals surface area contributed by atoms with Crippen LogP contribution in [0.15, 0.2) is 58.0 Å². The zero-order valence-electron chi connectivity index (χ0n) is 12.2. The molecule has 104 valence electrons. The van der Waals surface area contributed by atoms with Crippen molar-refractivity contribution in [2.24, 2.45) is 10.2 Å². The summed E-state index contributed by atoms with van der Waals surface area (Å²) in [6, 6.07) is 7.63. The fourth-order valence-corrected chi connectivity index (χ4v) is 1.85. The molecule has 0 aliphatic carbocycles. The van der Waals surface area contributed by atoms with E-state index < -0.39 is 0 Å². The third-order valence-corrected chi connectivity index (χ3v) is 3.16. The molecule has 0 N–H and O–H groups in total. The van der Waals surface area contributed by atoms with Crippen LogP contribution in [0.3, 0.4) is 0 Å². The maximum Gasteiger partial charge on any atom is 0.226 e. The number of azo groups is 1. The quantitative estimate of drug-likeness (QED) is 0.620. The zero-order valence-corrected chi connectivity index (χ0v) is 12.2. The van der Waals surface area contributed by atoms with Gasteiger partial charge in [-0.1, -0.05) is 0 Å². The highest BCUT2D eigenvalue weighted by atomic mass is 16.3. The summed E-state index contributed by atoms with van der Waals surface area (Å²) in [5, 5.41) is 8.45. The molecule has 1 aromatic carbocycles. The lowest BCUT2D eigenvalue weighted by atomic mass is 10.1. The SMILES string of the molecule is CC1=C[N+](=O)C(C)C=C1N=Nc1ccc(N(C)C)cc1. The summed E-state index contributed by atoms with van der Waals surface area (Å²) in [6.45, 7) is 3.69. The Morgan fingerprint density at radius 1 is 1.15 bits per heavy atom. The van der Waals surface area contributed by atoms with Gasteiger partial charge in [0.15, 0.2) is 0 Å². The summed E-state index contributed by atoms with van der Waals surface area (Å²) in [6.07, 6.45) is 3.37. The molecule has 2 rings (SSSR count). The number of hydrogen-bond acceptors (Lipinski definition) is 4. The highest BCUT2D eigenvalue weighted by Crippen LogP contribution is 2.23. The summed E-state index contributed by atoms with van der Waals surface area (Å²) in [5.41, 5.74) is 3.49. The second-order valence-electron chi connectivity index (χ2n) is 5.08. The van der Waals surface area contributed by atoms with Crippen molar-refractivity contribution in [3.63, 3.8) is 0 Å². The molecular weight excluding hydrogens is 252 g/mol. The second-order valence-corrected chi connectivity index (χ2v) is 5.08. The molecule has 0 amide bonds. The molecular formula is C15H19N4O+. The summed E-state index contributed by atoms with van der Waals surface area (Å²) >= 11 is 0. The number of nitrogens with zero attached hydrogens (tertiary/aromatic N) is 4. The predicted molar refractivity (Wildman–Crippen MR) is 80.2 cm³/mol. The first-order valence-electron chi connectivity index (χ1n) is 6.52. The number of anilines is 1. The number of allylic oxidation sites excluding steroid dienone is 1. The Hall–Kier alpha value is -2.30. The van der Waals surface area contributed by atoms with Crippen LogP contribution in [0.5, 0.6) is 0 Å². The van der Waals surface area contributed by atoms with E-state index in [0.29, 0.717) is 0 Å². The monoisotopic (exact) mass is 271 g/mol. The lowest BCUT2D eigenvalue weighted by Crippen LogP contribution is -2.17. The van der Waals surface area contributed by atoms with Gasteiger partial charge in [0.25, 0.3) is 0 Å². The van der Waals surface area contributed by atoms with Gasteiger partial charge in [-0.25, -0.2) is 0 Å². The average Bonchev–Trinajstić information content (AvgIpc) is 2.42. The molecule has 0 bridgehead atoms. The minimum Gasteiger partial charge on any atom is -0.378 e. The molecule has 1 aliphatic heterocycles. The van der Waals surface area contributed by atoms with Crippen LogP contribution >= 0.6 is 0 Å². The number of nitroso groups, excluding NO2 is 1. The Labute approximate surface area is 118 Å². The molecule has 5 heteroatoms. The van der Waals surface area contributed by atoms with Crippen LogP contribution in [0.4, 0.5) is 11.4 Å². The van der Waals surface area contributed by atoms with Crippen molar-refractivity contribution in [3.05, 3.63) is 52.7 Å². The maximum atomic E-state index is 11.4. The summed E-state index contributed by atoms with van der Waals surface area (Å²) < 4.78 is 0.917. The summed E-state index contributed by atoms with van der Waals surface area (Å²) in [4.78, 5) is 13.5. The molecule has 1 aliphatic rings. The van der Waals surface area contributed by atoms with Crippen molar-refractivity contribution in [3.8, 4) is 0 Å². The molecule has 0 saturated heterocycles. The minimum absolute atomic E-state index is 0.205. The third-order valence-electron chi connectivity index (χ3n) is 3.16. The number of benzene rings is 1. The predicted octanol–water partition coefficient (Wildman–Crippen LogP) is 3.81. The molecule has 0 aromatic heterocycles. The maximum absolute atomic E-state index is 11.4. The van der Waals surface area contributed by atoms with Crippen molar-refractivity contribution in [2.75, 3.05) is 19.0 Å². The van der Waals surface area contributed by atoms with Gasteiger partial charge >= 0.3 is 0 Å². The number of rotatable bonds is 3. The molecule has 1 aromatic rings. The van der Waals surface area contributed by atoms with Crippen LogP contribution in [0.1, 0.15) is 13.8 Å². The highest BCUT2D eigenvalue weighted by Gasteiger charge is 2.23. The van der Waals surface area contributed by atoms with Crippen LogP contribution in [0, 0.1) is 4.91 Å². The van der Waals surface area contributed by atoms with Gasteiger partial charge in [-0.3, -0.25) is 0 Å². The van der Waals surface area contributed by atoms with E-state index in [1.807, 2.05) is 63.2 Å². The average molecular weight is 271 g/mol. The van der Waals surface area contributed by atoms with Gasteiger partial charge in [0.2, 0.25) is 12.2 Å². The first-order chi connectivity index (χ1) is 9.47. The Morgan fingerprint density at radius 2 is 1.80 bits per heavy atom. The van der Waals surface area contributed by atoms with Crippen molar-refractivity contribution in [1.29, 1.82) is 0 Å². The molecule has 0 fully saturated rings. The Balaban J connectivity index is 2.15. The number of hydrogen-bond donors (Lipinski definition) is 0. The molecule has 0 radical (unpaired) electrons.